The van der Waals surface area contributed by atoms with Crippen LogP contribution in [-0.2, 0) is 0 Å². The number of pyridine rings is 1. The standard InChI is InChI=1S/C14H13N5OS/c1-21-14-17-12(19-15)8-13(18-14)20-10-5-4-9-3-2-6-16-11(9)7-10/h2-8H,15H2,1H3,(H,17,18,19). The van der Waals surface area contributed by atoms with Crippen LogP contribution in [-0.4, -0.2) is 21.2 Å². The lowest BCUT2D eigenvalue weighted by Gasteiger charge is -2.08. The number of aromatic nitrogens is 3. The molecule has 0 bridgehead atoms. The van der Waals surface area contributed by atoms with Crippen molar-refractivity contribution in [3.8, 4) is 11.6 Å². The molecule has 3 aromatic rings. The Bertz CT molecular complexity index is 758. The predicted octanol–water partition coefficient (Wildman–Crippen LogP) is 2.82. The summed E-state index contributed by atoms with van der Waals surface area (Å²) in [6.45, 7) is 0. The monoisotopic (exact) mass is 299 g/mol. The molecule has 0 amide bonds. The highest BCUT2D eigenvalue weighted by Gasteiger charge is 2.06. The molecule has 0 aliphatic rings. The first-order valence-electron chi connectivity index (χ1n) is 6.21. The van der Waals surface area contributed by atoms with E-state index in [1.54, 1.807) is 12.3 Å². The molecule has 0 fully saturated rings. The van der Waals surface area contributed by atoms with E-state index in [9.17, 15) is 0 Å². The zero-order valence-electron chi connectivity index (χ0n) is 11.3. The summed E-state index contributed by atoms with van der Waals surface area (Å²) in [4.78, 5) is 12.8. The summed E-state index contributed by atoms with van der Waals surface area (Å²) in [5, 5.41) is 1.64. The second kappa shape index (κ2) is 5.94. The number of nitrogens with two attached hydrogens (primary N) is 1. The molecule has 1 aromatic carbocycles. The molecular formula is C14H13N5OS. The predicted molar refractivity (Wildman–Crippen MR) is 83.4 cm³/mol. The van der Waals surface area contributed by atoms with Gasteiger partial charge in [-0.25, -0.2) is 10.8 Å². The highest BCUT2D eigenvalue weighted by molar-refractivity contribution is 7.98. The van der Waals surface area contributed by atoms with Crippen molar-refractivity contribution in [2.24, 2.45) is 5.84 Å². The summed E-state index contributed by atoms with van der Waals surface area (Å²) in [5.41, 5.74) is 3.37. The highest BCUT2D eigenvalue weighted by atomic mass is 32.2. The van der Waals surface area contributed by atoms with Crippen LogP contribution in [0.3, 0.4) is 0 Å². The third kappa shape index (κ3) is 3.04. The number of nitrogens with zero attached hydrogens (tertiary/aromatic N) is 3. The zero-order valence-corrected chi connectivity index (χ0v) is 12.1. The third-order valence-electron chi connectivity index (χ3n) is 2.81. The SMILES string of the molecule is CSc1nc(NN)cc(Oc2ccc3cccnc3c2)n1. The number of nitrogens with one attached hydrogen (secondary N) is 1. The van der Waals surface area contributed by atoms with Gasteiger partial charge in [-0.1, -0.05) is 17.8 Å². The largest absolute Gasteiger partial charge is 0.439 e. The molecule has 6 nitrogen and oxygen atoms in total. The van der Waals surface area contributed by atoms with E-state index in [0.717, 1.165) is 10.9 Å². The number of rotatable bonds is 4. The normalized spacial score (nSPS) is 10.6. The van der Waals surface area contributed by atoms with Gasteiger partial charge in [0.1, 0.15) is 11.6 Å². The Kier molecular flexibility index (Phi) is 3.85. The molecule has 7 heteroatoms. The van der Waals surface area contributed by atoms with Gasteiger partial charge in [-0.15, -0.1) is 0 Å². The lowest BCUT2D eigenvalue weighted by molar-refractivity contribution is 0.456. The van der Waals surface area contributed by atoms with Gasteiger partial charge in [0.15, 0.2) is 5.16 Å². The van der Waals surface area contributed by atoms with Gasteiger partial charge in [0, 0.05) is 23.7 Å². The van der Waals surface area contributed by atoms with E-state index in [2.05, 4.69) is 20.4 Å². The average molecular weight is 299 g/mol. The van der Waals surface area contributed by atoms with Crippen molar-refractivity contribution in [3.63, 3.8) is 0 Å². The Hall–Kier alpha value is -2.38. The molecule has 21 heavy (non-hydrogen) atoms. The fraction of sp³-hybridized carbons (Fsp3) is 0.0714. The minimum absolute atomic E-state index is 0.428. The summed E-state index contributed by atoms with van der Waals surface area (Å²) in [6.07, 6.45) is 3.64. The minimum atomic E-state index is 0.428. The van der Waals surface area contributed by atoms with Crippen molar-refractivity contribution < 1.29 is 4.74 Å². The molecule has 0 radical (unpaired) electrons. The first-order chi connectivity index (χ1) is 10.3. The Labute approximate surface area is 125 Å². The van der Waals surface area contributed by atoms with Gasteiger partial charge >= 0.3 is 0 Å². The second-order valence-corrected chi connectivity index (χ2v) is 4.96. The van der Waals surface area contributed by atoms with Crippen LogP contribution in [0.4, 0.5) is 5.82 Å². The van der Waals surface area contributed by atoms with E-state index < -0.39 is 0 Å². The van der Waals surface area contributed by atoms with E-state index in [0.29, 0.717) is 22.6 Å². The topological polar surface area (TPSA) is 86.0 Å². The van der Waals surface area contributed by atoms with E-state index in [-0.39, 0.29) is 0 Å². The Morgan fingerprint density at radius 1 is 1.19 bits per heavy atom. The number of nitrogen functional groups attached to an aromatic ring is 1. The van der Waals surface area contributed by atoms with Crippen LogP contribution in [0.15, 0.2) is 47.8 Å². The van der Waals surface area contributed by atoms with E-state index >= 15 is 0 Å². The maximum atomic E-state index is 5.77. The van der Waals surface area contributed by atoms with Gasteiger partial charge < -0.3 is 10.2 Å². The number of ether oxygens (including phenoxy) is 1. The van der Waals surface area contributed by atoms with E-state index in [4.69, 9.17) is 10.6 Å². The number of fused-ring (bicyclic) bond motifs is 1. The first-order valence-corrected chi connectivity index (χ1v) is 7.43. The molecule has 0 saturated heterocycles. The number of hydrazine groups is 1. The molecule has 0 saturated carbocycles. The quantitative estimate of drug-likeness (QED) is 0.331. The molecule has 3 rings (SSSR count). The fourth-order valence-corrected chi connectivity index (χ4v) is 2.22. The van der Waals surface area contributed by atoms with Crippen molar-refractivity contribution >= 4 is 28.5 Å². The summed E-state index contributed by atoms with van der Waals surface area (Å²) in [6, 6.07) is 11.2. The molecule has 0 unspecified atom stereocenters. The molecule has 0 atom stereocenters. The zero-order chi connectivity index (χ0) is 14.7. The van der Waals surface area contributed by atoms with Gasteiger partial charge in [-0.2, -0.15) is 4.98 Å². The first kappa shape index (κ1) is 13.6. The number of thioether (sulfide) groups is 1. The summed E-state index contributed by atoms with van der Waals surface area (Å²) in [7, 11) is 0. The molecule has 0 spiro atoms. The number of hydrogen-bond donors (Lipinski definition) is 2. The van der Waals surface area contributed by atoms with Gasteiger partial charge in [0.25, 0.3) is 0 Å². The number of anilines is 1. The van der Waals surface area contributed by atoms with Crippen molar-refractivity contribution in [1.82, 2.24) is 15.0 Å². The number of benzene rings is 1. The summed E-state index contributed by atoms with van der Waals surface area (Å²) < 4.78 is 5.77. The van der Waals surface area contributed by atoms with E-state index in [1.807, 2.05) is 36.6 Å². The van der Waals surface area contributed by atoms with Gasteiger partial charge in [-0.3, -0.25) is 4.98 Å². The molecule has 2 heterocycles. The molecule has 2 aromatic heterocycles. The van der Waals surface area contributed by atoms with Crippen LogP contribution in [0.5, 0.6) is 11.6 Å². The van der Waals surface area contributed by atoms with Crippen LogP contribution in [0.25, 0.3) is 10.9 Å². The Morgan fingerprint density at radius 2 is 2.10 bits per heavy atom. The fourth-order valence-electron chi connectivity index (χ4n) is 1.85. The second-order valence-electron chi connectivity index (χ2n) is 4.18. The molecule has 0 aliphatic heterocycles. The number of hydrogen-bond acceptors (Lipinski definition) is 7. The summed E-state index contributed by atoms with van der Waals surface area (Å²) >= 11 is 1.42. The van der Waals surface area contributed by atoms with Crippen molar-refractivity contribution in [2.75, 3.05) is 11.7 Å². The summed E-state index contributed by atoms with van der Waals surface area (Å²) in [5.74, 6) is 6.99. The maximum absolute atomic E-state index is 5.77. The highest BCUT2D eigenvalue weighted by Crippen LogP contribution is 2.26. The minimum Gasteiger partial charge on any atom is -0.439 e. The average Bonchev–Trinajstić information content (AvgIpc) is 2.54. The van der Waals surface area contributed by atoms with Crippen LogP contribution < -0.4 is 16.0 Å². The van der Waals surface area contributed by atoms with Crippen LogP contribution in [0.1, 0.15) is 0 Å². The van der Waals surface area contributed by atoms with Crippen LogP contribution >= 0.6 is 11.8 Å². The van der Waals surface area contributed by atoms with Crippen molar-refractivity contribution in [2.45, 2.75) is 5.16 Å². The van der Waals surface area contributed by atoms with Crippen molar-refractivity contribution in [1.29, 1.82) is 0 Å². The molecule has 0 aliphatic carbocycles. The van der Waals surface area contributed by atoms with Crippen LogP contribution in [0.2, 0.25) is 0 Å². The maximum Gasteiger partial charge on any atom is 0.225 e. The van der Waals surface area contributed by atoms with Gasteiger partial charge in [0.05, 0.1) is 5.52 Å². The Morgan fingerprint density at radius 3 is 2.90 bits per heavy atom. The smallest absolute Gasteiger partial charge is 0.225 e. The lowest BCUT2D eigenvalue weighted by atomic mass is 10.2. The van der Waals surface area contributed by atoms with Gasteiger partial charge in [-0.05, 0) is 24.5 Å². The third-order valence-corrected chi connectivity index (χ3v) is 3.36. The molecule has 106 valence electrons. The van der Waals surface area contributed by atoms with Gasteiger partial charge in [0.2, 0.25) is 5.88 Å². The lowest BCUT2D eigenvalue weighted by Crippen LogP contribution is -2.09. The van der Waals surface area contributed by atoms with Crippen molar-refractivity contribution in [3.05, 3.63) is 42.6 Å². The molecule has 3 N–H and O–H groups in total. The van der Waals surface area contributed by atoms with E-state index in [1.165, 1.54) is 11.8 Å². The molecular weight excluding hydrogens is 286 g/mol. The van der Waals surface area contributed by atoms with Crippen LogP contribution in [0, 0.1) is 0 Å². The Balaban J connectivity index is 1.94.